The Kier molecular flexibility index (Phi) is 9.25. The first-order valence-electron chi connectivity index (χ1n) is 16.2. The topological polar surface area (TPSA) is 104 Å². The molecule has 0 bridgehead atoms. The van der Waals surface area contributed by atoms with Gasteiger partial charge < -0.3 is 24.3 Å². The van der Waals surface area contributed by atoms with Crippen LogP contribution in [0.3, 0.4) is 0 Å². The van der Waals surface area contributed by atoms with Crippen molar-refractivity contribution < 1.29 is 41.3 Å². The molecule has 1 amide bonds. The summed E-state index contributed by atoms with van der Waals surface area (Å²) >= 11 is 0. The fourth-order valence-electron chi connectivity index (χ4n) is 6.10. The van der Waals surface area contributed by atoms with Crippen molar-refractivity contribution in [3.63, 3.8) is 0 Å². The minimum absolute atomic E-state index is 0.0643. The molecule has 3 aromatic carbocycles. The number of nitrogens with one attached hydrogen (secondary N) is 1. The largest absolute Gasteiger partial charge is 0.493 e. The van der Waals surface area contributed by atoms with Gasteiger partial charge in [-0.1, -0.05) is 0 Å². The molecule has 0 saturated carbocycles. The molecular weight excluding hydrogens is 672 g/mol. The number of carbonyl (C=O) groups is 1. The minimum atomic E-state index is -2.62. The van der Waals surface area contributed by atoms with E-state index in [1.165, 1.54) is 54.3 Å². The van der Waals surface area contributed by atoms with Crippen molar-refractivity contribution in [3.05, 3.63) is 106 Å². The number of methoxy groups -OCH3 is 1. The maximum absolute atomic E-state index is 15.4. The number of likely N-dealkylation sites (tertiary alicyclic amines) is 1. The Labute approximate surface area is 289 Å². The molecule has 1 fully saturated rings. The fourth-order valence-corrected chi connectivity index (χ4v) is 6.10. The number of hydrogen-bond acceptors (Lipinski definition) is 8. The molecule has 10 nitrogen and oxygen atoms in total. The van der Waals surface area contributed by atoms with Gasteiger partial charge >= 0.3 is 0 Å². The monoisotopic (exact) mass is 704 g/mol. The van der Waals surface area contributed by atoms with Crippen molar-refractivity contribution >= 4 is 22.5 Å². The van der Waals surface area contributed by atoms with E-state index >= 15 is 4.39 Å². The van der Waals surface area contributed by atoms with Gasteiger partial charge in [0.05, 0.1) is 19.2 Å². The third-order valence-corrected chi connectivity index (χ3v) is 8.84. The molecule has 2 aliphatic rings. The number of halogens is 4. The second-order valence-corrected chi connectivity index (χ2v) is 12.2. The second kappa shape index (κ2) is 13.9. The average Bonchev–Trinajstić information content (AvgIpc) is 3.58. The van der Waals surface area contributed by atoms with Gasteiger partial charge in [0.1, 0.15) is 29.5 Å². The van der Waals surface area contributed by atoms with E-state index in [2.05, 4.69) is 10.3 Å². The molecule has 0 radical (unpaired) electrons. The number of pyridine rings is 2. The number of alkyl halides is 2. The molecule has 51 heavy (non-hydrogen) atoms. The van der Waals surface area contributed by atoms with E-state index in [1.54, 1.807) is 24.4 Å². The minimum Gasteiger partial charge on any atom is -0.493 e. The van der Waals surface area contributed by atoms with Crippen LogP contribution in [0.1, 0.15) is 28.8 Å². The van der Waals surface area contributed by atoms with Crippen LogP contribution >= 0.6 is 0 Å². The molecule has 264 valence electrons. The van der Waals surface area contributed by atoms with Gasteiger partial charge in [-0.2, -0.15) is 0 Å². The normalized spacial score (nSPS) is 15.2. The lowest BCUT2D eigenvalue weighted by atomic mass is 10.1. The maximum Gasteiger partial charge on any atom is 0.271 e. The van der Waals surface area contributed by atoms with Gasteiger partial charge in [-0.05, 0) is 48.5 Å². The molecule has 7 rings (SSSR count). The molecule has 14 heteroatoms. The highest BCUT2D eigenvalue weighted by molar-refractivity contribution is 6.06. The Morgan fingerprint density at radius 3 is 2.51 bits per heavy atom. The van der Waals surface area contributed by atoms with Crippen molar-refractivity contribution in [2.75, 3.05) is 45.3 Å². The molecule has 0 unspecified atom stereocenters. The van der Waals surface area contributed by atoms with Crippen molar-refractivity contribution in [1.29, 1.82) is 0 Å². The first kappa shape index (κ1) is 33.8. The lowest BCUT2D eigenvalue weighted by Crippen LogP contribution is -2.41. The fraction of sp³-hybridized carbons (Fsp3) is 0.270. The quantitative estimate of drug-likeness (QED) is 0.159. The number of amides is 1. The van der Waals surface area contributed by atoms with Crippen LogP contribution < -0.4 is 29.8 Å². The summed E-state index contributed by atoms with van der Waals surface area (Å²) in [6.07, 6.45) is 3.17. The molecule has 2 aromatic heterocycles. The van der Waals surface area contributed by atoms with Crippen LogP contribution in [-0.4, -0.2) is 66.2 Å². The predicted octanol–water partition coefficient (Wildman–Crippen LogP) is 6.76. The van der Waals surface area contributed by atoms with Gasteiger partial charge in [0, 0.05) is 85.7 Å². The van der Waals surface area contributed by atoms with E-state index in [9.17, 15) is 22.8 Å². The summed E-state index contributed by atoms with van der Waals surface area (Å²) in [6, 6.07) is 14.0. The van der Waals surface area contributed by atoms with E-state index < -0.39 is 29.0 Å². The van der Waals surface area contributed by atoms with Gasteiger partial charge in [0.25, 0.3) is 17.4 Å². The molecule has 1 N–H and O–H groups in total. The van der Waals surface area contributed by atoms with Crippen LogP contribution in [0.4, 0.5) is 23.2 Å². The van der Waals surface area contributed by atoms with E-state index in [0.29, 0.717) is 59.7 Å². The lowest BCUT2D eigenvalue weighted by Gasteiger charge is -2.31. The van der Waals surface area contributed by atoms with Crippen LogP contribution in [-0.2, 0) is 6.42 Å². The second-order valence-electron chi connectivity index (χ2n) is 12.2. The standard InChI is InChI=1S/C37H32F4N4O6/c1-48-31-19-26-28(20-32(31)49-17-15-44-13-10-37(40,41)11-14-44)42-12-8-29(26)51-30-7-4-24(18-27(30)39)43-35(46)33-34-22(9-16-50-34)21-45(36(33)47)25-5-2-23(38)3-6-25/h2-8,12,18-21H,9-11,13-17H2,1H3,(H,43,46). The Morgan fingerprint density at radius 1 is 0.980 bits per heavy atom. The van der Waals surface area contributed by atoms with Gasteiger partial charge in [-0.3, -0.25) is 24.0 Å². The van der Waals surface area contributed by atoms with Crippen molar-refractivity contribution in [2.24, 2.45) is 0 Å². The van der Waals surface area contributed by atoms with Crippen molar-refractivity contribution in [1.82, 2.24) is 14.5 Å². The maximum atomic E-state index is 15.4. The van der Waals surface area contributed by atoms with Crippen molar-refractivity contribution in [2.45, 2.75) is 25.2 Å². The van der Waals surface area contributed by atoms with Gasteiger partial charge in [-0.25, -0.2) is 17.6 Å². The number of ether oxygens (including phenoxy) is 4. The van der Waals surface area contributed by atoms with Gasteiger partial charge in [0.2, 0.25) is 0 Å². The highest BCUT2D eigenvalue weighted by atomic mass is 19.3. The molecule has 0 spiro atoms. The zero-order valence-electron chi connectivity index (χ0n) is 27.4. The Bertz CT molecular complexity index is 2170. The number of carbonyl (C=O) groups excluding carboxylic acids is 1. The number of anilines is 1. The molecule has 4 heterocycles. The van der Waals surface area contributed by atoms with Crippen LogP contribution in [0, 0.1) is 11.6 Å². The zero-order valence-corrected chi connectivity index (χ0v) is 27.4. The number of hydrogen-bond donors (Lipinski definition) is 1. The summed E-state index contributed by atoms with van der Waals surface area (Å²) < 4.78 is 80.3. The summed E-state index contributed by atoms with van der Waals surface area (Å²) in [4.78, 5) is 33.2. The summed E-state index contributed by atoms with van der Waals surface area (Å²) in [7, 11) is 1.47. The molecule has 1 saturated heterocycles. The van der Waals surface area contributed by atoms with Gasteiger partial charge in [-0.15, -0.1) is 0 Å². The Morgan fingerprint density at radius 2 is 1.76 bits per heavy atom. The Balaban J connectivity index is 1.07. The number of piperidine rings is 1. The van der Waals surface area contributed by atoms with E-state index in [1.807, 2.05) is 4.90 Å². The molecule has 0 atom stereocenters. The number of nitrogens with zero attached hydrogens (tertiary/aromatic N) is 3. The third-order valence-electron chi connectivity index (χ3n) is 8.84. The van der Waals surface area contributed by atoms with Crippen LogP contribution in [0.25, 0.3) is 16.6 Å². The van der Waals surface area contributed by atoms with Crippen LogP contribution in [0.2, 0.25) is 0 Å². The summed E-state index contributed by atoms with van der Waals surface area (Å²) in [5, 5.41) is 3.08. The molecule has 5 aromatic rings. The van der Waals surface area contributed by atoms with Crippen LogP contribution in [0.5, 0.6) is 28.7 Å². The SMILES string of the molecule is COc1cc2c(Oc3ccc(NC(=O)c4c5c(cn(-c6ccc(F)cc6)c4=O)CCO5)cc3F)ccnc2cc1OCCN1CCC(F)(F)CC1. The van der Waals surface area contributed by atoms with E-state index in [4.69, 9.17) is 18.9 Å². The first-order valence-corrected chi connectivity index (χ1v) is 16.2. The van der Waals surface area contributed by atoms with Gasteiger partial charge in [0.15, 0.2) is 23.1 Å². The number of fused-ring (bicyclic) bond motifs is 2. The Hall–Kier alpha value is -5.63. The predicted molar refractivity (Wildman–Crippen MR) is 180 cm³/mol. The molecule has 2 aliphatic heterocycles. The van der Waals surface area contributed by atoms with Crippen molar-refractivity contribution in [3.8, 4) is 34.4 Å². The first-order chi connectivity index (χ1) is 24.6. The summed E-state index contributed by atoms with van der Waals surface area (Å²) in [6.45, 7) is 1.58. The van der Waals surface area contributed by atoms with E-state index in [-0.39, 0.29) is 54.6 Å². The molecule has 0 aliphatic carbocycles. The number of aromatic nitrogens is 2. The lowest BCUT2D eigenvalue weighted by molar-refractivity contribution is -0.0564. The van der Waals surface area contributed by atoms with E-state index in [0.717, 1.165) is 6.07 Å². The number of benzene rings is 3. The zero-order chi connectivity index (χ0) is 35.7. The highest BCUT2D eigenvalue weighted by Crippen LogP contribution is 2.38. The van der Waals surface area contributed by atoms with Crippen LogP contribution in [0.15, 0.2) is 77.9 Å². The summed E-state index contributed by atoms with van der Waals surface area (Å²) in [5.74, 6) is -3.63. The third kappa shape index (κ3) is 7.17. The summed E-state index contributed by atoms with van der Waals surface area (Å²) in [5.41, 5.74) is 0.608. The number of rotatable bonds is 10. The molecular formula is C37H32F4N4O6. The highest BCUT2D eigenvalue weighted by Gasteiger charge is 2.34. The smallest absolute Gasteiger partial charge is 0.271 e. The average molecular weight is 705 g/mol.